The molecule has 1 aliphatic carbocycles. The minimum absolute atomic E-state index is 0.330. The summed E-state index contributed by atoms with van der Waals surface area (Å²) in [5, 5.41) is 3.56. The van der Waals surface area contributed by atoms with Gasteiger partial charge in [0.25, 0.3) is 0 Å². The second-order valence-corrected chi connectivity index (χ2v) is 5.60. The maximum absolute atomic E-state index is 11.5. The maximum Gasteiger partial charge on any atom is 0.341 e. The predicted molar refractivity (Wildman–Crippen MR) is 77.7 cm³/mol. The highest BCUT2D eigenvalue weighted by Gasteiger charge is 2.16. The van der Waals surface area contributed by atoms with Crippen LogP contribution in [0.2, 0.25) is 0 Å². The zero-order chi connectivity index (χ0) is 14.4. The first-order valence-corrected chi connectivity index (χ1v) is 7.61. The summed E-state index contributed by atoms with van der Waals surface area (Å²) in [5.74, 6) is 1.11. The van der Waals surface area contributed by atoms with Crippen LogP contribution in [0.4, 0.5) is 0 Å². The van der Waals surface area contributed by atoms with Gasteiger partial charge in [0.1, 0.15) is 17.1 Å². The Morgan fingerprint density at radius 1 is 1.30 bits per heavy atom. The Hall–Kier alpha value is -1.29. The number of carbonyl (C=O) groups is 1. The predicted octanol–water partition coefficient (Wildman–Crippen LogP) is 3.58. The third-order valence-corrected chi connectivity index (χ3v) is 4.04. The number of methoxy groups -OCH3 is 1. The minimum atomic E-state index is -0.330. The fraction of sp³-hybridized carbons (Fsp3) is 0.688. The molecular weight excluding hydrogens is 254 g/mol. The molecule has 0 amide bonds. The summed E-state index contributed by atoms with van der Waals surface area (Å²) in [4.78, 5) is 11.5. The number of nitrogens with one attached hydrogen (secondary N) is 1. The van der Waals surface area contributed by atoms with Crippen molar-refractivity contribution in [2.75, 3.05) is 7.11 Å². The van der Waals surface area contributed by atoms with E-state index in [0.29, 0.717) is 23.9 Å². The van der Waals surface area contributed by atoms with Crippen molar-refractivity contribution in [1.29, 1.82) is 0 Å². The van der Waals surface area contributed by atoms with Crippen LogP contribution in [0, 0.1) is 6.92 Å². The molecule has 0 saturated heterocycles. The molecule has 1 N–H and O–H groups in total. The van der Waals surface area contributed by atoms with Crippen molar-refractivity contribution < 1.29 is 13.9 Å². The lowest BCUT2D eigenvalue weighted by atomic mass is 9.97. The molecule has 0 unspecified atom stereocenters. The van der Waals surface area contributed by atoms with Crippen LogP contribution in [0.1, 0.15) is 66.8 Å². The summed E-state index contributed by atoms with van der Waals surface area (Å²) in [5.41, 5.74) is 0.530. The van der Waals surface area contributed by atoms with Crippen molar-refractivity contribution in [1.82, 2.24) is 5.32 Å². The lowest BCUT2D eigenvalue weighted by Crippen LogP contribution is -2.29. The second kappa shape index (κ2) is 7.48. The lowest BCUT2D eigenvalue weighted by Gasteiger charge is -2.20. The molecule has 0 aliphatic heterocycles. The number of rotatable bonds is 4. The van der Waals surface area contributed by atoms with E-state index < -0.39 is 0 Å². The fourth-order valence-corrected chi connectivity index (χ4v) is 2.85. The van der Waals surface area contributed by atoms with Crippen LogP contribution in [0.3, 0.4) is 0 Å². The molecule has 4 heteroatoms. The average Bonchev–Trinajstić information content (AvgIpc) is 2.78. The molecule has 1 fully saturated rings. The number of ether oxygens (including phenoxy) is 1. The molecule has 1 aromatic rings. The van der Waals surface area contributed by atoms with E-state index in [4.69, 9.17) is 9.15 Å². The smallest absolute Gasteiger partial charge is 0.341 e. The number of carbonyl (C=O) groups excluding carboxylic acids is 1. The van der Waals surface area contributed by atoms with Gasteiger partial charge in [-0.25, -0.2) is 4.79 Å². The van der Waals surface area contributed by atoms with Crippen LogP contribution in [0.5, 0.6) is 0 Å². The Balaban J connectivity index is 1.88. The van der Waals surface area contributed by atoms with Crippen LogP contribution < -0.4 is 5.32 Å². The van der Waals surface area contributed by atoms with E-state index in [9.17, 15) is 4.79 Å². The monoisotopic (exact) mass is 279 g/mol. The molecule has 4 nitrogen and oxygen atoms in total. The van der Waals surface area contributed by atoms with Gasteiger partial charge in [-0.05, 0) is 25.8 Å². The molecule has 1 aromatic heterocycles. The molecule has 0 radical (unpaired) electrons. The second-order valence-electron chi connectivity index (χ2n) is 5.60. The summed E-state index contributed by atoms with van der Waals surface area (Å²) >= 11 is 0. The molecule has 0 atom stereocenters. The van der Waals surface area contributed by atoms with E-state index in [2.05, 4.69) is 5.32 Å². The molecule has 0 bridgehead atoms. The molecule has 1 heterocycles. The molecule has 112 valence electrons. The fourth-order valence-electron chi connectivity index (χ4n) is 2.85. The van der Waals surface area contributed by atoms with Crippen LogP contribution >= 0.6 is 0 Å². The Morgan fingerprint density at radius 2 is 1.95 bits per heavy atom. The van der Waals surface area contributed by atoms with Gasteiger partial charge in [-0.15, -0.1) is 0 Å². The van der Waals surface area contributed by atoms with Gasteiger partial charge in [0.15, 0.2) is 0 Å². The molecule has 0 spiro atoms. The zero-order valence-corrected chi connectivity index (χ0v) is 12.5. The van der Waals surface area contributed by atoms with Gasteiger partial charge in [-0.3, -0.25) is 0 Å². The molecule has 2 rings (SSSR count). The van der Waals surface area contributed by atoms with Gasteiger partial charge < -0.3 is 14.5 Å². The van der Waals surface area contributed by atoms with Gasteiger partial charge in [-0.2, -0.15) is 0 Å². The standard InChI is InChI=1S/C16H25NO3/c1-12-15(16(18)19-2)10-14(20-12)11-17-13-8-6-4-3-5-7-9-13/h10,13,17H,3-9,11H2,1-2H3. The van der Waals surface area contributed by atoms with E-state index in [1.165, 1.54) is 52.1 Å². The van der Waals surface area contributed by atoms with E-state index in [1.807, 2.05) is 0 Å². The highest BCUT2D eigenvalue weighted by atomic mass is 16.5. The van der Waals surface area contributed by atoms with Gasteiger partial charge in [0, 0.05) is 6.04 Å². The summed E-state index contributed by atoms with van der Waals surface area (Å²) in [6.45, 7) is 2.48. The quantitative estimate of drug-likeness (QED) is 0.856. The van der Waals surface area contributed by atoms with Gasteiger partial charge >= 0.3 is 5.97 Å². The molecule has 0 aromatic carbocycles. The average molecular weight is 279 g/mol. The largest absolute Gasteiger partial charge is 0.465 e. The Labute approximate surface area is 120 Å². The Morgan fingerprint density at radius 3 is 2.60 bits per heavy atom. The van der Waals surface area contributed by atoms with E-state index >= 15 is 0 Å². The molecular formula is C16H25NO3. The normalized spacial score (nSPS) is 17.5. The van der Waals surface area contributed by atoms with E-state index in [1.54, 1.807) is 13.0 Å². The lowest BCUT2D eigenvalue weighted by molar-refractivity contribution is 0.0599. The van der Waals surface area contributed by atoms with E-state index in [-0.39, 0.29) is 5.97 Å². The SMILES string of the molecule is COC(=O)c1cc(CNC2CCCCCCC2)oc1C. The van der Waals surface area contributed by atoms with Gasteiger partial charge in [-0.1, -0.05) is 32.1 Å². The summed E-state index contributed by atoms with van der Waals surface area (Å²) < 4.78 is 10.4. The number of hydrogen-bond donors (Lipinski definition) is 1. The van der Waals surface area contributed by atoms with E-state index in [0.717, 1.165) is 5.76 Å². The van der Waals surface area contributed by atoms with Crippen LogP contribution in [0.25, 0.3) is 0 Å². The first kappa shape index (κ1) is 15.1. The number of esters is 1. The van der Waals surface area contributed by atoms with Gasteiger partial charge in [0.05, 0.1) is 13.7 Å². The first-order valence-electron chi connectivity index (χ1n) is 7.61. The third-order valence-electron chi connectivity index (χ3n) is 4.04. The highest BCUT2D eigenvalue weighted by Crippen LogP contribution is 2.19. The molecule has 20 heavy (non-hydrogen) atoms. The number of hydrogen-bond acceptors (Lipinski definition) is 4. The summed E-state index contributed by atoms with van der Waals surface area (Å²) in [6.07, 6.45) is 9.18. The Kier molecular flexibility index (Phi) is 5.65. The van der Waals surface area contributed by atoms with Crippen LogP contribution in [-0.2, 0) is 11.3 Å². The zero-order valence-electron chi connectivity index (χ0n) is 12.5. The number of furan rings is 1. The van der Waals surface area contributed by atoms with Crippen molar-refractivity contribution in [2.24, 2.45) is 0 Å². The maximum atomic E-state index is 11.5. The molecule has 1 aliphatic rings. The Bertz CT molecular complexity index is 431. The van der Waals surface area contributed by atoms with Crippen molar-refractivity contribution in [3.63, 3.8) is 0 Å². The summed E-state index contributed by atoms with van der Waals surface area (Å²) in [7, 11) is 1.39. The highest BCUT2D eigenvalue weighted by molar-refractivity contribution is 5.90. The molecule has 1 saturated carbocycles. The topological polar surface area (TPSA) is 51.5 Å². The van der Waals surface area contributed by atoms with Crippen molar-refractivity contribution in [3.8, 4) is 0 Å². The van der Waals surface area contributed by atoms with Crippen LogP contribution in [-0.4, -0.2) is 19.1 Å². The van der Waals surface area contributed by atoms with Crippen molar-refractivity contribution >= 4 is 5.97 Å². The number of aryl methyl sites for hydroxylation is 1. The third kappa shape index (κ3) is 4.10. The van der Waals surface area contributed by atoms with Crippen molar-refractivity contribution in [2.45, 2.75) is 64.5 Å². The van der Waals surface area contributed by atoms with Gasteiger partial charge in [0.2, 0.25) is 0 Å². The summed E-state index contributed by atoms with van der Waals surface area (Å²) in [6, 6.07) is 2.36. The minimum Gasteiger partial charge on any atom is -0.465 e. The van der Waals surface area contributed by atoms with Crippen molar-refractivity contribution in [3.05, 3.63) is 23.2 Å². The van der Waals surface area contributed by atoms with Crippen LogP contribution in [0.15, 0.2) is 10.5 Å². The first-order chi connectivity index (χ1) is 9.70.